The molecule has 1 saturated heterocycles. The van der Waals surface area contributed by atoms with Gasteiger partial charge in [-0.2, -0.15) is 0 Å². The highest BCUT2D eigenvalue weighted by molar-refractivity contribution is 5.94. The zero-order valence-electron chi connectivity index (χ0n) is 13.6. The highest BCUT2D eigenvalue weighted by Gasteiger charge is 2.25. The minimum atomic E-state index is -0.316. The Bertz CT molecular complexity index is 457. The van der Waals surface area contributed by atoms with Crippen LogP contribution < -0.4 is 10.2 Å². The summed E-state index contributed by atoms with van der Waals surface area (Å²) in [4.78, 5) is 14.6. The predicted molar refractivity (Wildman–Crippen MR) is 89.8 cm³/mol. The van der Waals surface area contributed by atoms with Crippen molar-refractivity contribution >= 4 is 17.3 Å². The van der Waals surface area contributed by atoms with Crippen LogP contribution in [0.15, 0.2) is 24.3 Å². The van der Waals surface area contributed by atoms with E-state index in [1.165, 1.54) is 31.4 Å². The Morgan fingerprint density at radius 3 is 2.19 bits per heavy atom. The third kappa shape index (κ3) is 4.23. The van der Waals surface area contributed by atoms with Crippen LogP contribution in [0.1, 0.15) is 52.9 Å². The maximum atomic E-state index is 12.2. The molecule has 1 aromatic carbocycles. The third-order valence-electron chi connectivity index (χ3n) is 4.59. The van der Waals surface area contributed by atoms with Gasteiger partial charge < -0.3 is 10.2 Å². The van der Waals surface area contributed by atoms with Gasteiger partial charge in [0.15, 0.2) is 0 Å². The van der Waals surface area contributed by atoms with Crippen LogP contribution in [-0.4, -0.2) is 19.0 Å². The van der Waals surface area contributed by atoms with Crippen molar-refractivity contribution in [1.29, 1.82) is 0 Å². The lowest BCUT2D eigenvalue weighted by molar-refractivity contribution is -0.124. The first-order valence-corrected chi connectivity index (χ1v) is 8.19. The lowest BCUT2D eigenvalue weighted by Crippen LogP contribution is -2.30. The molecule has 3 heteroatoms. The number of rotatable bonds is 4. The molecule has 0 aliphatic carbocycles. The van der Waals surface area contributed by atoms with E-state index >= 15 is 0 Å². The van der Waals surface area contributed by atoms with Gasteiger partial charge in [-0.3, -0.25) is 4.79 Å². The number of nitrogens with one attached hydrogen (secondary N) is 1. The second-order valence-corrected chi connectivity index (χ2v) is 6.64. The van der Waals surface area contributed by atoms with E-state index in [9.17, 15) is 4.79 Å². The van der Waals surface area contributed by atoms with E-state index in [2.05, 4.69) is 22.3 Å². The predicted octanol–water partition coefficient (Wildman–Crippen LogP) is 4.44. The molecule has 3 nitrogen and oxygen atoms in total. The highest BCUT2D eigenvalue weighted by atomic mass is 16.2. The van der Waals surface area contributed by atoms with Gasteiger partial charge in [0.05, 0.1) is 0 Å². The van der Waals surface area contributed by atoms with E-state index < -0.39 is 0 Å². The molecule has 1 fully saturated rings. The fourth-order valence-corrected chi connectivity index (χ4v) is 2.55. The number of carbonyl (C=O) groups is 1. The van der Waals surface area contributed by atoms with Crippen molar-refractivity contribution in [3.05, 3.63) is 24.3 Å². The van der Waals surface area contributed by atoms with Gasteiger partial charge in [-0.25, -0.2) is 0 Å². The smallest absolute Gasteiger partial charge is 0.230 e. The van der Waals surface area contributed by atoms with E-state index in [0.717, 1.165) is 25.2 Å². The second kappa shape index (κ2) is 6.97. The van der Waals surface area contributed by atoms with Gasteiger partial charge in [0, 0.05) is 29.9 Å². The molecule has 21 heavy (non-hydrogen) atoms. The van der Waals surface area contributed by atoms with Crippen LogP contribution in [0.3, 0.4) is 0 Å². The van der Waals surface area contributed by atoms with Crippen molar-refractivity contribution in [2.24, 2.45) is 5.41 Å². The summed E-state index contributed by atoms with van der Waals surface area (Å²) in [6.45, 7) is 8.30. The van der Waals surface area contributed by atoms with Crippen LogP contribution in [0, 0.1) is 5.41 Å². The molecule has 0 radical (unpaired) electrons. The maximum Gasteiger partial charge on any atom is 0.230 e. The van der Waals surface area contributed by atoms with Crippen LogP contribution in [-0.2, 0) is 4.79 Å². The van der Waals surface area contributed by atoms with E-state index in [-0.39, 0.29) is 11.3 Å². The van der Waals surface area contributed by atoms with Crippen LogP contribution in [0.5, 0.6) is 0 Å². The summed E-state index contributed by atoms with van der Waals surface area (Å²) >= 11 is 0. The monoisotopic (exact) mass is 288 g/mol. The Balaban J connectivity index is 2.00. The van der Waals surface area contributed by atoms with Gasteiger partial charge in [0.2, 0.25) is 5.91 Å². The quantitative estimate of drug-likeness (QED) is 0.888. The lowest BCUT2D eigenvalue weighted by atomic mass is 9.89. The zero-order valence-corrected chi connectivity index (χ0v) is 13.6. The van der Waals surface area contributed by atoms with E-state index in [4.69, 9.17) is 0 Å². The minimum absolute atomic E-state index is 0.0903. The number of amides is 1. The number of carbonyl (C=O) groups excluding carboxylic acids is 1. The number of anilines is 2. The summed E-state index contributed by atoms with van der Waals surface area (Å²) in [5.41, 5.74) is 1.84. The Labute approximate surface area is 128 Å². The fourth-order valence-electron chi connectivity index (χ4n) is 2.55. The largest absolute Gasteiger partial charge is 0.372 e. The van der Waals surface area contributed by atoms with Crippen molar-refractivity contribution in [2.75, 3.05) is 23.3 Å². The standard InChI is InChI=1S/C18H28N2O/c1-4-18(2,3)17(21)19-15-9-11-16(12-10-15)20-13-7-5-6-8-14-20/h9-12H,4-8,13-14H2,1-3H3,(H,19,21). The second-order valence-electron chi connectivity index (χ2n) is 6.64. The molecule has 0 bridgehead atoms. The van der Waals surface area contributed by atoms with Crippen LogP contribution in [0.2, 0.25) is 0 Å². The lowest BCUT2D eigenvalue weighted by Gasteiger charge is -2.24. The average molecular weight is 288 g/mol. The molecule has 2 rings (SSSR count). The molecule has 0 unspecified atom stereocenters. The number of nitrogens with zero attached hydrogens (tertiary/aromatic N) is 1. The van der Waals surface area contributed by atoms with Crippen molar-refractivity contribution in [3.63, 3.8) is 0 Å². The summed E-state index contributed by atoms with van der Waals surface area (Å²) in [6.07, 6.45) is 6.09. The van der Waals surface area contributed by atoms with Crippen molar-refractivity contribution in [1.82, 2.24) is 0 Å². The molecule has 116 valence electrons. The Kier molecular flexibility index (Phi) is 5.27. The van der Waals surface area contributed by atoms with Gasteiger partial charge in [0.25, 0.3) is 0 Å². The summed E-state index contributed by atoms with van der Waals surface area (Å²) in [5, 5.41) is 3.02. The first-order valence-electron chi connectivity index (χ1n) is 8.19. The molecule has 1 aliphatic rings. The Morgan fingerprint density at radius 1 is 1.10 bits per heavy atom. The first kappa shape index (κ1) is 15.9. The molecular formula is C18H28N2O. The van der Waals surface area contributed by atoms with E-state index in [1.807, 2.05) is 32.9 Å². The topological polar surface area (TPSA) is 32.3 Å². The molecule has 1 N–H and O–H groups in total. The molecular weight excluding hydrogens is 260 g/mol. The molecule has 0 atom stereocenters. The third-order valence-corrected chi connectivity index (χ3v) is 4.59. The SMILES string of the molecule is CCC(C)(C)C(=O)Nc1ccc(N2CCCCCC2)cc1. The number of hydrogen-bond donors (Lipinski definition) is 1. The van der Waals surface area contributed by atoms with Gasteiger partial charge in [-0.15, -0.1) is 0 Å². The van der Waals surface area contributed by atoms with Crippen molar-refractivity contribution in [3.8, 4) is 0 Å². The molecule has 0 spiro atoms. The first-order chi connectivity index (χ1) is 10.0. The Morgan fingerprint density at radius 2 is 1.67 bits per heavy atom. The number of benzene rings is 1. The zero-order chi connectivity index (χ0) is 15.3. The van der Waals surface area contributed by atoms with E-state index in [1.54, 1.807) is 0 Å². The van der Waals surface area contributed by atoms with Gasteiger partial charge in [0.1, 0.15) is 0 Å². The number of hydrogen-bond acceptors (Lipinski definition) is 2. The molecule has 0 saturated carbocycles. The minimum Gasteiger partial charge on any atom is -0.372 e. The van der Waals surface area contributed by atoms with Crippen molar-refractivity contribution in [2.45, 2.75) is 52.9 Å². The fraction of sp³-hybridized carbons (Fsp3) is 0.611. The summed E-state index contributed by atoms with van der Waals surface area (Å²) in [5.74, 6) is 0.0903. The van der Waals surface area contributed by atoms with Gasteiger partial charge in [-0.05, 0) is 43.5 Å². The molecule has 1 heterocycles. The molecule has 1 aromatic rings. The molecule has 1 amide bonds. The van der Waals surface area contributed by atoms with Gasteiger partial charge in [-0.1, -0.05) is 33.6 Å². The summed E-state index contributed by atoms with van der Waals surface area (Å²) in [7, 11) is 0. The van der Waals surface area contributed by atoms with Gasteiger partial charge >= 0.3 is 0 Å². The van der Waals surface area contributed by atoms with Crippen LogP contribution >= 0.6 is 0 Å². The van der Waals surface area contributed by atoms with Crippen LogP contribution in [0.4, 0.5) is 11.4 Å². The summed E-state index contributed by atoms with van der Waals surface area (Å²) in [6, 6.07) is 8.29. The highest BCUT2D eigenvalue weighted by Crippen LogP contribution is 2.24. The van der Waals surface area contributed by atoms with Crippen LogP contribution in [0.25, 0.3) is 0 Å². The average Bonchev–Trinajstić information content (AvgIpc) is 2.77. The van der Waals surface area contributed by atoms with Crippen molar-refractivity contribution < 1.29 is 4.79 Å². The molecule has 0 aromatic heterocycles. The summed E-state index contributed by atoms with van der Waals surface area (Å²) < 4.78 is 0. The maximum absolute atomic E-state index is 12.2. The normalized spacial score (nSPS) is 16.4. The van der Waals surface area contributed by atoms with E-state index in [0.29, 0.717) is 0 Å². The Hall–Kier alpha value is -1.51. The molecule has 1 aliphatic heterocycles.